The lowest BCUT2D eigenvalue weighted by atomic mass is 10.1. The summed E-state index contributed by atoms with van der Waals surface area (Å²) in [6, 6.07) is 3.09. The summed E-state index contributed by atoms with van der Waals surface area (Å²) in [6.07, 6.45) is -2.91. The molecule has 2 aliphatic rings. The molecule has 28 heavy (non-hydrogen) atoms. The highest BCUT2D eigenvalue weighted by Crippen LogP contribution is 2.33. The Morgan fingerprint density at radius 3 is 2.46 bits per heavy atom. The number of nitrogens with zero attached hydrogens (tertiary/aromatic N) is 3. The highest BCUT2D eigenvalue weighted by molar-refractivity contribution is 7.08. The molecule has 0 bridgehead atoms. The summed E-state index contributed by atoms with van der Waals surface area (Å²) >= 11 is 3.24. The van der Waals surface area contributed by atoms with Gasteiger partial charge in [-0.3, -0.25) is 9.69 Å². The van der Waals surface area contributed by atoms with Crippen molar-refractivity contribution in [2.24, 2.45) is 0 Å². The Morgan fingerprint density at radius 1 is 1.18 bits per heavy atom. The van der Waals surface area contributed by atoms with E-state index in [9.17, 15) is 18.0 Å². The molecule has 0 unspecified atom stereocenters. The predicted molar refractivity (Wildman–Crippen MR) is 98.4 cm³/mol. The van der Waals surface area contributed by atoms with Gasteiger partial charge in [-0.25, -0.2) is 9.78 Å². The number of thiazole rings is 1. The standard InChI is InChI=1S/C15H17N3OS2.C2HF3O2/c19-15(12-9-21-10-16-12)18-5-2-13-14(18)1-4-17(13)7-11-3-6-20-8-11;3-2(4,5)1(6)7/h3,6,8-10,13-14H,1-2,4-5,7H2;(H,6,7)/t13-,14+;/m1./s1. The number of alkyl halides is 3. The van der Waals surface area contributed by atoms with Crippen molar-refractivity contribution in [3.63, 3.8) is 0 Å². The molecule has 1 amide bonds. The molecule has 4 rings (SSSR count). The number of likely N-dealkylation sites (tertiary alicyclic amines) is 2. The van der Waals surface area contributed by atoms with Crippen molar-refractivity contribution in [1.82, 2.24) is 14.8 Å². The Hall–Kier alpha value is -1.98. The average molecular weight is 433 g/mol. The third-order valence-electron chi connectivity index (χ3n) is 4.81. The van der Waals surface area contributed by atoms with E-state index < -0.39 is 12.1 Å². The number of fused-ring (bicyclic) bond motifs is 1. The van der Waals surface area contributed by atoms with Crippen LogP contribution in [0.4, 0.5) is 13.2 Å². The summed E-state index contributed by atoms with van der Waals surface area (Å²) in [5, 5.41) is 13.3. The van der Waals surface area contributed by atoms with Gasteiger partial charge >= 0.3 is 12.1 Å². The number of carbonyl (C=O) groups excluding carboxylic acids is 1. The highest BCUT2D eigenvalue weighted by atomic mass is 32.1. The van der Waals surface area contributed by atoms with Crippen molar-refractivity contribution >= 4 is 34.6 Å². The second-order valence-electron chi connectivity index (χ2n) is 6.49. The second kappa shape index (κ2) is 8.58. The van der Waals surface area contributed by atoms with Crippen LogP contribution in [0.1, 0.15) is 28.9 Å². The Labute approximate surface area is 167 Å². The molecule has 0 aromatic carbocycles. The van der Waals surface area contributed by atoms with E-state index in [0.717, 1.165) is 32.5 Å². The summed E-state index contributed by atoms with van der Waals surface area (Å²) in [4.78, 5) is 30.2. The molecule has 6 nitrogen and oxygen atoms in total. The summed E-state index contributed by atoms with van der Waals surface area (Å²) in [5.41, 5.74) is 3.74. The smallest absolute Gasteiger partial charge is 0.475 e. The van der Waals surface area contributed by atoms with Gasteiger partial charge in [-0.05, 0) is 35.2 Å². The number of carboxylic acids is 1. The zero-order valence-electron chi connectivity index (χ0n) is 14.6. The maximum atomic E-state index is 12.5. The molecule has 4 heterocycles. The van der Waals surface area contributed by atoms with Crippen LogP contribution >= 0.6 is 22.7 Å². The van der Waals surface area contributed by atoms with Crippen molar-refractivity contribution in [2.75, 3.05) is 13.1 Å². The van der Waals surface area contributed by atoms with E-state index in [0.29, 0.717) is 17.8 Å². The molecule has 0 saturated carbocycles. The first-order chi connectivity index (χ1) is 13.3. The summed E-state index contributed by atoms with van der Waals surface area (Å²) in [6.45, 7) is 2.97. The molecule has 152 valence electrons. The maximum Gasteiger partial charge on any atom is 0.490 e. The van der Waals surface area contributed by atoms with Crippen molar-refractivity contribution in [1.29, 1.82) is 0 Å². The molecule has 11 heteroatoms. The van der Waals surface area contributed by atoms with Crippen molar-refractivity contribution in [2.45, 2.75) is 37.6 Å². The highest BCUT2D eigenvalue weighted by Gasteiger charge is 2.44. The van der Waals surface area contributed by atoms with Crippen LogP contribution < -0.4 is 0 Å². The molecule has 1 N–H and O–H groups in total. The van der Waals surface area contributed by atoms with Crippen LogP contribution in [0.2, 0.25) is 0 Å². The fourth-order valence-corrected chi connectivity index (χ4v) is 4.79. The van der Waals surface area contributed by atoms with Gasteiger partial charge in [-0.15, -0.1) is 11.3 Å². The van der Waals surface area contributed by atoms with Crippen LogP contribution in [0.5, 0.6) is 0 Å². The van der Waals surface area contributed by atoms with E-state index in [2.05, 4.69) is 26.7 Å². The van der Waals surface area contributed by atoms with E-state index in [1.807, 2.05) is 10.3 Å². The zero-order valence-corrected chi connectivity index (χ0v) is 16.3. The van der Waals surface area contributed by atoms with Gasteiger partial charge < -0.3 is 10.0 Å². The first kappa shape index (κ1) is 20.7. The molecule has 0 aliphatic carbocycles. The Bertz CT molecular complexity index is 796. The van der Waals surface area contributed by atoms with Gasteiger partial charge in [-0.1, -0.05) is 0 Å². The molecule has 2 aromatic rings. The third-order valence-corrected chi connectivity index (χ3v) is 6.13. The predicted octanol–water partition coefficient (Wildman–Crippen LogP) is 3.33. The number of rotatable bonds is 3. The number of halogens is 3. The second-order valence-corrected chi connectivity index (χ2v) is 7.99. The Kier molecular flexibility index (Phi) is 6.36. The quantitative estimate of drug-likeness (QED) is 0.804. The fourth-order valence-electron chi connectivity index (χ4n) is 3.61. The summed E-state index contributed by atoms with van der Waals surface area (Å²) in [5.74, 6) is -2.64. The van der Waals surface area contributed by atoms with E-state index >= 15 is 0 Å². The van der Waals surface area contributed by atoms with Gasteiger partial charge in [0.25, 0.3) is 5.91 Å². The average Bonchev–Trinajstić information content (AvgIpc) is 3.42. The molecular weight excluding hydrogens is 415 g/mol. The van der Waals surface area contributed by atoms with E-state index in [4.69, 9.17) is 9.90 Å². The number of aromatic nitrogens is 1. The van der Waals surface area contributed by atoms with Gasteiger partial charge in [0.05, 0.1) is 5.51 Å². The summed E-state index contributed by atoms with van der Waals surface area (Å²) in [7, 11) is 0. The van der Waals surface area contributed by atoms with Gasteiger partial charge in [-0.2, -0.15) is 24.5 Å². The van der Waals surface area contributed by atoms with Crippen molar-refractivity contribution in [3.05, 3.63) is 39.0 Å². The minimum absolute atomic E-state index is 0.112. The molecule has 2 aromatic heterocycles. The molecule has 0 radical (unpaired) electrons. The van der Waals surface area contributed by atoms with Gasteiger partial charge in [0.1, 0.15) is 5.69 Å². The number of aliphatic carboxylic acids is 1. The van der Waals surface area contributed by atoms with Crippen LogP contribution in [0.3, 0.4) is 0 Å². The van der Waals surface area contributed by atoms with Crippen LogP contribution in [0.25, 0.3) is 0 Å². The fraction of sp³-hybridized carbons (Fsp3) is 0.471. The number of thiophene rings is 1. The lowest BCUT2D eigenvalue weighted by molar-refractivity contribution is -0.192. The zero-order chi connectivity index (χ0) is 20.3. The molecular formula is C17H18F3N3O3S2. The lowest BCUT2D eigenvalue weighted by Gasteiger charge is -2.25. The third kappa shape index (κ3) is 4.70. The molecule has 0 spiro atoms. The van der Waals surface area contributed by atoms with E-state index in [1.165, 1.54) is 16.9 Å². The van der Waals surface area contributed by atoms with Gasteiger partial charge in [0, 0.05) is 37.1 Å². The normalized spacial score (nSPS) is 21.9. The SMILES string of the molecule is O=C(O)C(F)(F)F.O=C(c1cscn1)N1CC[C@@H]2[C@@H]1CCN2Cc1ccsc1. The lowest BCUT2D eigenvalue weighted by Crippen LogP contribution is -2.39. The van der Waals surface area contributed by atoms with Crippen LogP contribution in [-0.4, -0.2) is 63.1 Å². The van der Waals surface area contributed by atoms with E-state index in [-0.39, 0.29) is 5.91 Å². The molecule has 2 atom stereocenters. The number of carbonyl (C=O) groups is 2. The Balaban J connectivity index is 0.000000279. The molecule has 2 aliphatic heterocycles. The monoisotopic (exact) mass is 433 g/mol. The first-order valence-electron chi connectivity index (χ1n) is 8.51. The number of hydrogen-bond donors (Lipinski definition) is 1. The van der Waals surface area contributed by atoms with Crippen molar-refractivity contribution < 1.29 is 27.9 Å². The van der Waals surface area contributed by atoms with Crippen molar-refractivity contribution in [3.8, 4) is 0 Å². The first-order valence-corrected chi connectivity index (χ1v) is 10.4. The van der Waals surface area contributed by atoms with Crippen LogP contribution in [-0.2, 0) is 11.3 Å². The Morgan fingerprint density at radius 2 is 1.89 bits per heavy atom. The number of amides is 1. The van der Waals surface area contributed by atoms with E-state index in [1.54, 1.807) is 16.8 Å². The largest absolute Gasteiger partial charge is 0.490 e. The minimum atomic E-state index is -5.08. The number of carboxylic acid groups (broad SMARTS) is 1. The van der Waals surface area contributed by atoms with Gasteiger partial charge in [0.2, 0.25) is 0 Å². The van der Waals surface area contributed by atoms with Crippen LogP contribution in [0, 0.1) is 0 Å². The summed E-state index contributed by atoms with van der Waals surface area (Å²) < 4.78 is 31.7. The topological polar surface area (TPSA) is 73.7 Å². The van der Waals surface area contributed by atoms with Gasteiger partial charge in [0.15, 0.2) is 0 Å². The molecule has 2 fully saturated rings. The minimum Gasteiger partial charge on any atom is -0.475 e. The maximum absolute atomic E-state index is 12.5. The van der Waals surface area contributed by atoms with Crippen LogP contribution in [0.15, 0.2) is 27.7 Å². The molecule has 2 saturated heterocycles. The number of hydrogen-bond acceptors (Lipinski definition) is 6.